The first-order chi connectivity index (χ1) is 9.69. The van der Waals surface area contributed by atoms with Gasteiger partial charge in [0, 0.05) is 23.2 Å². The monoisotopic (exact) mass is 305 g/mol. The van der Waals surface area contributed by atoms with Crippen LogP contribution in [0, 0.1) is 19.8 Å². The first-order valence-corrected chi connectivity index (χ1v) is 8.45. The van der Waals surface area contributed by atoms with Crippen LogP contribution in [0.4, 0.5) is 0 Å². The van der Waals surface area contributed by atoms with E-state index in [4.69, 9.17) is 0 Å². The van der Waals surface area contributed by atoms with Gasteiger partial charge >= 0.3 is 0 Å². The summed E-state index contributed by atoms with van der Waals surface area (Å²) >= 11 is 1.71. The number of rotatable bonds is 4. The van der Waals surface area contributed by atoms with Crippen molar-refractivity contribution in [2.75, 3.05) is 6.54 Å². The van der Waals surface area contributed by atoms with E-state index in [-0.39, 0.29) is 5.54 Å². The van der Waals surface area contributed by atoms with Crippen LogP contribution in [0.2, 0.25) is 0 Å². The zero-order valence-electron chi connectivity index (χ0n) is 14.2. The van der Waals surface area contributed by atoms with Crippen molar-refractivity contribution in [2.45, 2.75) is 54.0 Å². The van der Waals surface area contributed by atoms with Gasteiger partial charge in [-0.1, -0.05) is 19.4 Å². The molecule has 0 fully saturated rings. The van der Waals surface area contributed by atoms with Gasteiger partial charge < -0.3 is 5.32 Å². The molecule has 116 valence electrons. The summed E-state index contributed by atoms with van der Waals surface area (Å²) in [6.07, 6.45) is 2.32. The lowest BCUT2D eigenvalue weighted by Crippen LogP contribution is -2.37. The van der Waals surface area contributed by atoms with Gasteiger partial charge in [0.1, 0.15) is 0 Å². The van der Waals surface area contributed by atoms with Gasteiger partial charge in [-0.2, -0.15) is 0 Å². The maximum Gasteiger partial charge on any atom is 0.194 e. The Hall–Kier alpha value is -1.13. The van der Waals surface area contributed by atoms with Crippen molar-refractivity contribution < 1.29 is 0 Å². The van der Waals surface area contributed by atoms with Gasteiger partial charge in [0.2, 0.25) is 0 Å². The highest BCUT2D eigenvalue weighted by molar-refractivity contribution is 7.15. The van der Waals surface area contributed by atoms with Crippen molar-refractivity contribution in [3.8, 4) is 0 Å². The Morgan fingerprint density at radius 2 is 2.05 bits per heavy atom. The number of hydrogen-bond acceptors (Lipinski definition) is 3. The lowest BCUT2D eigenvalue weighted by molar-refractivity contribution is 0.437. The summed E-state index contributed by atoms with van der Waals surface area (Å²) in [5.74, 6) is 0.517. The molecule has 0 bridgehead atoms. The van der Waals surface area contributed by atoms with Crippen LogP contribution in [0.3, 0.4) is 0 Å². The fraction of sp³-hybridized carbons (Fsp3) is 0.588. The number of hydrogen-bond donors (Lipinski definition) is 1. The molecule has 2 aromatic rings. The van der Waals surface area contributed by atoms with E-state index in [1.54, 1.807) is 11.3 Å². The first-order valence-electron chi connectivity index (χ1n) is 7.57. The number of imidazole rings is 1. The minimum Gasteiger partial charge on any atom is -0.308 e. The van der Waals surface area contributed by atoms with Crippen LogP contribution in [-0.2, 0) is 0 Å². The van der Waals surface area contributed by atoms with Gasteiger partial charge in [-0.25, -0.2) is 4.98 Å². The third-order valence-electron chi connectivity index (χ3n) is 3.64. The molecule has 0 aliphatic rings. The van der Waals surface area contributed by atoms with Crippen molar-refractivity contribution in [1.29, 1.82) is 0 Å². The second kappa shape index (κ2) is 5.93. The molecule has 3 nitrogen and oxygen atoms in total. The van der Waals surface area contributed by atoms with Gasteiger partial charge in [-0.3, -0.25) is 4.40 Å². The summed E-state index contributed by atoms with van der Waals surface area (Å²) in [6, 6.07) is 0. The maximum absolute atomic E-state index is 4.67. The summed E-state index contributed by atoms with van der Waals surface area (Å²) in [5, 5.41) is 5.76. The number of thiazole rings is 1. The molecule has 0 atom stereocenters. The molecule has 0 saturated carbocycles. The van der Waals surface area contributed by atoms with Gasteiger partial charge in [-0.05, 0) is 46.6 Å². The molecule has 0 saturated heterocycles. The fourth-order valence-corrected chi connectivity index (χ4v) is 3.18. The molecule has 0 aliphatic carbocycles. The van der Waals surface area contributed by atoms with Crippen LogP contribution in [0.15, 0.2) is 11.0 Å². The largest absolute Gasteiger partial charge is 0.308 e. The number of fused-ring (bicyclic) bond motifs is 1. The second-order valence-corrected chi connectivity index (χ2v) is 7.89. The number of nitrogens with zero attached hydrogens (tertiary/aromatic N) is 2. The van der Waals surface area contributed by atoms with Gasteiger partial charge in [0.05, 0.1) is 11.4 Å². The third-order valence-corrected chi connectivity index (χ3v) is 4.58. The fourth-order valence-electron chi connectivity index (χ4n) is 2.26. The minimum atomic E-state index is 0.133. The molecule has 2 heterocycles. The Morgan fingerprint density at radius 1 is 1.38 bits per heavy atom. The van der Waals surface area contributed by atoms with E-state index in [0.717, 1.165) is 17.2 Å². The Morgan fingerprint density at radius 3 is 2.62 bits per heavy atom. The summed E-state index contributed by atoms with van der Waals surface area (Å²) < 4.78 is 2.26. The Labute approximate surface area is 132 Å². The molecule has 2 aromatic heterocycles. The molecule has 0 radical (unpaired) electrons. The second-order valence-electron chi connectivity index (χ2n) is 7.06. The quantitative estimate of drug-likeness (QED) is 0.905. The molecule has 2 rings (SSSR count). The smallest absolute Gasteiger partial charge is 0.194 e. The zero-order valence-corrected chi connectivity index (χ0v) is 15.1. The van der Waals surface area contributed by atoms with Crippen LogP contribution in [0.1, 0.15) is 51.7 Å². The highest BCUT2D eigenvalue weighted by Crippen LogP contribution is 2.24. The van der Waals surface area contributed by atoms with Crippen LogP contribution in [0.5, 0.6) is 0 Å². The number of nitrogens with one attached hydrogen (secondary N) is 1. The molecule has 0 spiro atoms. The van der Waals surface area contributed by atoms with Crippen LogP contribution in [0.25, 0.3) is 11.0 Å². The maximum atomic E-state index is 4.67. The van der Waals surface area contributed by atoms with E-state index in [9.17, 15) is 0 Å². The average molecular weight is 305 g/mol. The molecule has 21 heavy (non-hydrogen) atoms. The van der Waals surface area contributed by atoms with E-state index in [2.05, 4.69) is 74.6 Å². The highest BCUT2D eigenvalue weighted by Gasteiger charge is 2.15. The van der Waals surface area contributed by atoms with E-state index in [1.807, 2.05) is 0 Å². The third kappa shape index (κ3) is 3.74. The summed E-state index contributed by atoms with van der Waals surface area (Å²) in [4.78, 5) is 5.76. The van der Waals surface area contributed by atoms with E-state index in [1.165, 1.54) is 17.0 Å². The van der Waals surface area contributed by atoms with Gasteiger partial charge in [0.15, 0.2) is 4.96 Å². The van der Waals surface area contributed by atoms with Crippen molar-refractivity contribution in [3.05, 3.63) is 28.0 Å². The molecular formula is C17H27N3S. The van der Waals surface area contributed by atoms with E-state index in [0.29, 0.717) is 5.92 Å². The van der Waals surface area contributed by atoms with Crippen LogP contribution < -0.4 is 5.32 Å². The van der Waals surface area contributed by atoms with Crippen molar-refractivity contribution in [3.63, 3.8) is 0 Å². The summed E-state index contributed by atoms with van der Waals surface area (Å²) in [7, 11) is 0. The standard InChI is InChI=1S/C17H27N3S/c1-11(2)14(9-18-17(5,6)7)8-15-13(4)19-16-20(15)12(3)10-21-16/h8,10-11,18H,9H2,1-7H3. The topological polar surface area (TPSA) is 29.3 Å². The molecule has 0 aromatic carbocycles. The summed E-state index contributed by atoms with van der Waals surface area (Å²) in [6.45, 7) is 16.3. The van der Waals surface area contributed by atoms with Gasteiger partial charge in [0.25, 0.3) is 0 Å². The lowest BCUT2D eigenvalue weighted by atomic mass is 10.00. The molecule has 4 heteroatoms. The minimum absolute atomic E-state index is 0.133. The predicted octanol–water partition coefficient (Wildman–Crippen LogP) is 4.44. The first kappa shape index (κ1) is 16.2. The van der Waals surface area contributed by atoms with Crippen LogP contribution in [-0.4, -0.2) is 21.5 Å². The number of aromatic nitrogens is 2. The lowest BCUT2D eigenvalue weighted by Gasteiger charge is -2.23. The van der Waals surface area contributed by atoms with Crippen LogP contribution >= 0.6 is 11.3 Å². The number of aryl methyl sites for hydroxylation is 2. The SMILES string of the molecule is Cc1nc2scc(C)n2c1C=C(CNC(C)(C)C)C(C)C. The molecule has 0 aliphatic heterocycles. The van der Waals surface area contributed by atoms with Crippen molar-refractivity contribution in [1.82, 2.24) is 14.7 Å². The van der Waals surface area contributed by atoms with E-state index < -0.39 is 0 Å². The van der Waals surface area contributed by atoms with Gasteiger partial charge in [-0.15, -0.1) is 11.3 Å². The average Bonchev–Trinajstić information content (AvgIpc) is 2.84. The van der Waals surface area contributed by atoms with Crippen molar-refractivity contribution in [2.24, 2.45) is 5.92 Å². The van der Waals surface area contributed by atoms with Crippen molar-refractivity contribution >= 4 is 22.4 Å². The van der Waals surface area contributed by atoms with E-state index >= 15 is 0 Å². The predicted molar refractivity (Wildman–Crippen MR) is 93.1 cm³/mol. The molecule has 0 unspecified atom stereocenters. The molecule has 0 amide bonds. The zero-order chi connectivity index (χ0) is 15.8. The molecular weight excluding hydrogens is 278 g/mol. The normalized spacial score (nSPS) is 13.6. The molecule has 1 N–H and O–H groups in total. The Balaban J connectivity index is 2.40. The highest BCUT2D eigenvalue weighted by atomic mass is 32.1. The summed E-state index contributed by atoms with van der Waals surface area (Å²) in [5.41, 5.74) is 5.14. The Bertz CT molecular complexity index is 653. The Kier molecular flexibility index (Phi) is 4.59.